The summed E-state index contributed by atoms with van der Waals surface area (Å²) in [5, 5.41) is 9.73. The van der Waals surface area contributed by atoms with Crippen LogP contribution in [0.15, 0.2) is 35.4 Å². The van der Waals surface area contributed by atoms with Crippen LogP contribution in [-0.2, 0) is 14.6 Å². The summed E-state index contributed by atoms with van der Waals surface area (Å²) in [5.74, 6) is -0.111. The predicted molar refractivity (Wildman–Crippen MR) is 120 cm³/mol. The molecule has 2 saturated heterocycles. The van der Waals surface area contributed by atoms with Crippen LogP contribution >= 0.6 is 0 Å². The van der Waals surface area contributed by atoms with Gasteiger partial charge in [-0.25, -0.2) is 8.42 Å². The minimum absolute atomic E-state index is 0.111. The van der Waals surface area contributed by atoms with Crippen LogP contribution in [0.4, 0.5) is 11.4 Å². The van der Waals surface area contributed by atoms with Crippen molar-refractivity contribution in [3.05, 3.63) is 36.2 Å². The lowest BCUT2D eigenvalue weighted by molar-refractivity contribution is -0.117. The van der Waals surface area contributed by atoms with Gasteiger partial charge in [-0.05, 0) is 50.7 Å². The van der Waals surface area contributed by atoms with Crippen molar-refractivity contribution in [3.8, 4) is 0 Å². The van der Waals surface area contributed by atoms with E-state index in [2.05, 4.69) is 32.4 Å². The number of likely N-dealkylation sites (N-methyl/N-ethyl adjacent to an activating group) is 1. The molecule has 10 heteroatoms. The van der Waals surface area contributed by atoms with E-state index in [0.717, 1.165) is 51.3 Å². The van der Waals surface area contributed by atoms with Crippen molar-refractivity contribution < 1.29 is 13.2 Å². The third kappa shape index (κ3) is 5.08. The van der Waals surface area contributed by atoms with E-state index >= 15 is 0 Å². The Labute approximate surface area is 183 Å². The Balaban J connectivity index is 1.37. The monoisotopic (exact) mass is 446 g/mol. The van der Waals surface area contributed by atoms with Crippen molar-refractivity contribution in [2.75, 3.05) is 62.8 Å². The van der Waals surface area contributed by atoms with Gasteiger partial charge in [-0.3, -0.25) is 14.8 Å². The number of amides is 1. The number of piperazine rings is 1. The number of rotatable bonds is 6. The van der Waals surface area contributed by atoms with E-state index in [1.165, 1.54) is 18.1 Å². The molecule has 4 rings (SSSR count). The summed E-state index contributed by atoms with van der Waals surface area (Å²) in [7, 11) is -1.24. The van der Waals surface area contributed by atoms with Gasteiger partial charge in [-0.1, -0.05) is 0 Å². The summed E-state index contributed by atoms with van der Waals surface area (Å²) in [6.07, 6.45) is 4.22. The summed E-state index contributed by atoms with van der Waals surface area (Å²) in [5.41, 5.74) is 2.50. The van der Waals surface area contributed by atoms with Gasteiger partial charge in [-0.15, -0.1) is 0 Å². The van der Waals surface area contributed by atoms with E-state index in [1.54, 1.807) is 0 Å². The molecule has 1 aromatic carbocycles. The van der Waals surface area contributed by atoms with Gasteiger partial charge in [0.25, 0.3) is 0 Å². The standard InChI is InChI=1S/C21H30N6O3S/c1-25-10-12-26(13-11-25)17-7-5-16(6-8-17)23-20(28)15-27-9-3-4-18(27)21-19(14-22-24-21)31(2,29)30/h5-8,14,18H,3-4,9-13,15H2,1-2H3,(H,22,24)(H,23,28)/t18-/m0/s1. The second-order valence-electron chi connectivity index (χ2n) is 8.43. The quantitative estimate of drug-likeness (QED) is 0.690. The lowest BCUT2D eigenvalue weighted by Crippen LogP contribution is -2.44. The van der Waals surface area contributed by atoms with Crippen molar-refractivity contribution in [3.63, 3.8) is 0 Å². The Bertz CT molecular complexity index is 1010. The molecule has 3 heterocycles. The molecule has 2 N–H and O–H groups in total. The van der Waals surface area contributed by atoms with Gasteiger partial charge >= 0.3 is 0 Å². The van der Waals surface area contributed by atoms with Crippen LogP contribution in [0.2, 0.25) is 0 Å². The van der Waals surface area contributed by atoms with Crippen molar-refractivity contribution in [1.29, 1.82) is 0 Å². The molecule has 1 aromatic heterocycles. The van der Waals surface area contributed by atoms with Gasteiger partial charge in [0.15, 0.2) is 9.84 Å². The van der Waals surface area contributed by atoms with Crippen LogP contribution in [0.25, 0.3) is 0 Å². The fraction of sp³-hybridized carbons (Fsp3) is 0.524. The molecular formula is C21H30N6O3S. The smallest absolute Gasteiger partial charge is 0.238 e. The lowest BCUT2D eigenvalue weighted by atomic mass is 10.1. The van der Waals surface area contributed by atoms with Crippen LogP contribution in [0.1, 0.15) is 24.6 Å². The van der Waals surface area contributed by atoms with Crippen LogP contribution < -0.4 is 10.2 Å². The van der Waals surface area contributed by atoms with Crippen molar-refractivity contribution in [2.24, 2.45) is 0 Å². The zero-order chi connectivity index (χ0) is 22.0. The van der Waals surface area contributed by atoms with E-state index in [4.69, 9.17) is 0 Å². The van der Waals surface area contributed by atoms with Crippen LogP contribution in [0, 0.1) is 0 Å². The molecule has 0 radical (unpaired) electrons. The molecule has 0 saturated carbocycles. The van der Waals surface area contributed by atoms with Gasteiger partial charge in [0.2, 0.25) is 5.91 Å². The Hall–Kier alpha value is -2.43. The summed E-state index contributed by atoms with van der Waals surface area (Å²) in [6.45, 7) is 5.04. The zero-order valence-corrected chi connectivity index (χ0v) is 18.9. The van der Waals surface area contributed by atoms with Gasteiger partial charge in [-0.2, -0.15) is 5.10 Å². The first-order valence-electron chi connectivity index (χ1n) is 10.6. The summed E-state index contributed by atoms with van der Waals surface area (Å²) >= 11 is 0. The fourth-order valence-corrected chi connectivity index (χ4v) is 5.19. The first-order valence-corrected chi connectivity index (χ1v) is 12.5. The minimum atomic E-state index is -3.37. The van der Waals surface area contributed by atoms with Crippen molar-refractivity contribution >= 4 is 27.1 Å². The molecule has 9 nitrogen and oxygen atoms in total. The largest absolute Gasteiger partial charge is 0.369 e. The van der Waals surface area contributed by atoms with Gasteiger partial charge in [0, 0.05) is 43.8 Å². The summed E-state index contributed by atoms with van der Waals surface area (Å²) in [4.78, 5) is 19.6. The third-order valence-electron chi connectivity index (χ3n) is 6.09. The first kappa shape index (κ1) is 21.8. The van der Waals surface area contributed by atoms with E-state index < -0.39 is 9.84 Å². The van der Waals surface area contributed by atoms with Crippen molar-refractivity contribution in [1.82, 2.24) is 20.0 Å². The summed E-state index contributed by atoms with van der Waals surface area (Å²) < 4.78 is 24.1. The Morgan fingerprint density at radius 2 is 1.87 bits per heavy atom. The summed E-state index contributed by atoms with van der Waals surface area (Å²) in [6, 6.07) is 7.80. The van der Waals surface area contributed by atoms with Gasteiger partial charge < -0.3 is 15.1 Å². The van der Waals surface area contributed by atoms with Crippen molar-refractivity contribution in [2.45, 2.75) is 23.8 Å². The molecule has 0 aliphatic carbocycles. The van der Waals surface area contributed by atoms with E-state index in [9.17, 15) is 13.2 Å². The average molecular weight is 447 g/mol. The molecule has 2 aromatic rings. The van der Waals surface area contributed by atoms with E-state index in [-0.39, 0.29) is 23.4 Å². The SMILES string of the molecule is CN1CCN(c2ccc(NC(=O)CN3CCC[C@H]3c3[nH]ncc3S(C)(=O)=O)cc2)CC1. The van der Waals surface area contributed by atoms with Gasteiger partial charge in [0.05, 0.1) is 24.5 Å². The fourth-order valence-electron chi connectivity index (χ4n) is 4.37. The highest BCUT2D eigenvalue weighted by molar-refractivity contribution is 7.90. The number of hydrogen-bond donors (Lipinski definition) is 2. The Morgan fingerprint density at radius 1 is 1.16 bits per heavy atom. The number of aromatic nitrogens is 2. The molecule has 0 unspecified atom stereocenters. The topological polar surface area (TPSA) is 102 Å². The molecule has 2 aliphatic heterocycles. The van der Waals surface area contributed by atoms with Crippen LogP contribution in [-0.4, -0.2) is 86.9 Å². The second-order valence-corrected chi connectivity index (χ2v) is 10.4. The number of likely N-dealkylation sites (tertiary alicyclic amines) is 1. The first-order chi connectivity index (χ1) is 14.8. The number of aromatic amines is 1. The number of anilines is 2. The molecule has 2 aliphatic rings. The number of nitrogens with zero attached hydrogens (tertiary/aromatic N) is 4. The normalized spacial score (nSPS) is 20.8. The molecule has 1 amide bonds. The highest BCUT2D eigenvalue weighted by Gasteiger charge is 2.32. The number of carbonyl (C=O) groups excluding carboxylic acids is 1. The molecule has 0 bridgehead atoms. The second kappa shape index (κ2) is 8.97. The molecular weight excluding hydrogens is 416 g/mol. The maximum atomic E-state index is 12.7. The maximum Gasteiger partial charge on any atom is 0.238 e. The molecule has 2 fully saturated rings. The Kier molecular flexibility index (Phi) is 6.31. The third-order valence-corrected chi connectivity index (χ3v) is 7.22. The lowest BCUT2D eigenvalue weighted by Gasteiger charge is -2.34. The number of carbonyl (C=O) groups is 1. The van der Waals surface area contributed by atoms with E-state index in [0.29, 0.717) is 5.69 Å². The van der Waals surface area contributed by atoms with Crippen LogP contribution in [0.5, 0.6) is 0 Å². The zero-order valence-electron chi connectivity index (χ0n) is 18.0. The average Bonchev–Trinajstić information content (AvgIpc) is 3.38. The molecule has 1 atom stereocenters. The highest BCUT2D eigenvalue weighted by Crippen LogP contribution is 2.33. The molecule has 0 spiro atoms. The highest BCUT2D eigenvalue weighted by atomic mass is 32.2. The number of benzene rings is 1. The van der Waals surface area contributed by atoms with E-state index in [1.807, 2.05) is 29.2 Å². The number of H-pyrrole nitrogens is 1. The number of nitrogens with one attached hydrogen (secondary N) is 2. The molecule has 31 heavy (non-hydrogen) atoms. The van der Waals surface area contributed by atoms with Crippen LogP contribution in [0.3, 0.4) is 0 Å². The molecule has 168 valence electrons. The maximum absolute atomic E-state index is 12.7. The predicted octanol–water partition coefficient (Wildman–Crippen LogP) is 1.34. The minimum Gasteiger partial charge on any atom is -0.369 e. The number of sulfone groups is 1. The Morgan fingerprint density at radius 3 is 2.55 bits per heavy atom. The number of hydrogen-bond acceptors (Lipinski definition) is 7. The van der Waals surface area contributed by atoms with Gasteiger partial charge in [0.1, 0.15) is 4.90 Å².